The van der Waals surface area contributed by atoms with Crippen LogP contribution in [0.5, 0.6) is 0 Å². The Morgan fingerprint density at radius 3 is 2.29 bits per heavy atom. The summed E-state index contributed by atoms with van der Waals surface area (Å²) in [7, 11) is 0. The third-order valence-electron chi connectivity index (χ3n) is 1.92. The van der Waals surface area contributed by atoms with Crippen molar-refractivity contribution < 1.29 is 14.3 Å². The summed E-state index contributed by atoms with van der Waals surface area (Å²) in [5, 5.41) is 0.197. The van der Waals surface area contributed by atoms with Gasteiger partial charge in [0.1, 0.15) is 6.10 Å². The second-order valence-corrected chi connectivity index (χ2v) is 4.17. The fourth-order valence-corrected chi connectivity index (χ4v) is 1.74. The van der Waals surface area contributed by atoms with Crippen LogP contribution >= 0.6 is 34.8 Å². The highest BCUT2D eigenvalue weighted by molar-refractivity contribution is 6.45. The number of halogens is 3. The highest BCUT2D eigenvalue weighted by Gasteiger charge is 2.23. The molecule has 0 fully saturated rings. The van der Waals surface area contributed by atoms with Crippen molar-refractivity contribution in [1.82, 2.24) is 0 Å². The normalized spacial score (nSPS) is 10.4. The van der Waals surface area contributed by atoms with Crippen LogP contribution in [0.1, 0.15) is 10.4 Å². The Bertz CT molecular complexity index is 416. The number of rotatable bonds is 5. The number of hydrogen-bond acceptors (Lipinski definition) is 3. The van der Waals surface area contributed by atoms with Gasteiger partial charge in [0.05, 0.1) is 16.8 Å². The molecule has 0 saturated heterocycles. The number of esters is 1. The largest absolute Gasteiger partial charge is 0.454 e. The molecule has 0 aliphatic rings. The van der Waals surface area contributed by atoms with E-state index in [1.165, 1.54) is 12.1 Å². The molecular formula is C11H9Cl3O3. The molecule has 3 nitrogen and oxygen atoms in total. The number of ketones is 1. The molecule has 0 heterocycles. The van der Waals surface area contributed by atoms with Gasteiger partial charge in [-0.2, -0.15) is 0 Å². The van der Waals surface area contributed by atoms with Crippen LogP contribution in [-0.4, -0.2) is 29.6 Å². The first-order valence-electron chi connectivity index (χ1n) is 4.72. The van der Waals surface area contributed by atoms with Gasteiger partial charge >= 0.3 is 5.97 Å². The lowest BCUT2D eigenvalue weighted by atomic mass is 10.1. The van der Waals surface area contributed by atoms with E-state index in [0.717, 1.165) is 0 Å². The van der Waals surface area contributed by atoms with Gasteiger partial charge in [-0.05, 0) is 12.1 Å². The average molecular weight is 296 g/mol. The molecule has 0 N–H and O–H groups in total. The molecule has 1 rings (SSSR count). The molecule has 0 spiro atoms. The van der Waals surface area contributed by atoms with E-state index in [4.69, 9.17) is 39.5 Å². The van der Waals surface area contributed by atoms with Crippen LogP contribution in [0.4, 0.5) is 0 Å². The predicted molar refractivity (Wildman–Crippen MR) is 67.1 cm³/mol. The second-order valence-electron chi connectivity index (χ2n) is 3.14. The van der Waals surface area contributed by atoms with E-state index in [0.29, 0.717) is 0 Å². The molecule has 0 bridgehead atoms. The first kappa shape index (κ1) is 14.3. The first-order valence-corrected chi connectivity index (χ1v) is 6.16. The summed E-state index contributed by atoms with van der Waals surface area (Å²) >= 11 is 16.8. The molecule has 0 radical (unpaired) electrons. The molecule has 1 aromatic carbocycles. The third-order valence-corrected chi connectivity index (χ3v) is 2.94. The Morgan fingerprint density at radius 1 is 1.18 bits per heavy atom. The fraction of sp³-hybridized carbons (Fsp3) is 0.273. The van der Waals surface area contributed by atoms with Gasteiger partial charge in [0, 0.05) is 5.56 Å². The average Bonchev–Trinajstić information content (AvgIpc) is 2.35. The third kappa shape index (κ3) is 3.87. The van der Waals surface area contributed by atoms with E-state index in [1.807, 2.05) is 0 Å². The lowest BCUT2D eigenvalue weighted by molar-refractivity contribution is -0.141. The molecular weight excluding hydrogens is 286 g/mol. The summed E-state index contributed by atoms with van der Waals surface area (Å²) in [5.74, 6) is -1.75. The monoisotopic (exact) mass is 294 g/mol. The van der Waals surface area contributed by atoms with Crippen molar-refractivity contribution in [2.75, 3.05) is 11.8 Å². The molecule has 92 valence electrons. The first-order chi connectivity index (χ1) is 8.10. The lowest BCUT2D eigenvalue weighted by Gasteiger charge is -2.11. The van der Waals surface area contributed by atoms with Crippen molar-refractivity contribution in [1.29, 1.82) is 0 Å². The van der Waals surface area contributed by atoms with Crippen molar-refractivity contribution in [3.05, 3.63) is 34.9 Å². The molecule has 0 atom stereocenters. The smallest absolute Gasteiger partial charge is 0.380 e. The Balaban J connectivity index is 2.77. The molecule has 17 heavy (non-hydrogen) atoms. The van der Waals surface area contributed by atoms with Gasteiger partial charge in [-0.25, -0.2) is 4.79 Å². The highest BCUT2D eigenvalue weighted by Crippen LogP contribution is 2.16. The number of Topliss-reactive ketones (excluding diaryl/α,β-unsaturated/α-hetero) is 1. The van der Waals surface area contributed by atoms with Crippen molar-refractivity contribution in [2.45, 2.75) is 6.10 Å². The Morgan fingerprint density at radius 2 is 1.76 bits per heavy atom. The summed E-state index contributed by atoms with van der Waals surface area (Å²) in [6, 6.07) is 6.22. The van der Waals surface area contributed by atoms with E-state index in [2.05, 4.69) is 0 Å². The van der Waals surface area contributed by atoms with Gasteiger partial charge in [0.2, 0.25) is 0 Å². The zero-order valence-corrected chi connectivity index (χ0v) is 10.9. The van der Waals surface area contributed by atoms with Gasteiger partial charge < -0.3 is 4.74 Å². The van der Waals surface area contributed by atoms with Gasteiger partial charge in [0.15, 0.2) is 0 Å². The zero-order valence-electron chi connectivity index (χ0n) is 8.66. The summed E-state index contributed by atoms with van der Waals surface area (Å²) in [6.45, 7) is 0. The van der Waals surface area contributed by atoms with Crippen LogP contribution in [-0.2, 0) is 9.53 Å². The van der Waals surface area contributed by atoms with Crippen molar-refractivity contribution >= 4 is 46.6 Å². The van der Waals surface area contributed by atoms with Gasteiger partial charge in [-0.15, -0.1) is 23.2 Å². The molecule has 0 aliphatic carbocycles. The van der Waals surface area contributed by atoms with Crippen LogP contribution in [0, 0.1) is 0 Å². The Labute approximate surface area is 114 Å². The highest BCUT2D eigenvalue weighted by atomic mass is 35.5. The quantitative estimate of drug-likeness (QED) is 0.363. The van der Waals surface area contributed by atoms with Crippen molar-refractivity contribution in [3.8, 4) is 0 Å². The van der Waals surface area contributed by atoms with E-state index in [-0.39, 0.29) is 22.3 Å². The molecule has 0 aromatic heterocycles. The fourth-order valence-electron chi connectivity index (χ4n) is 1.06. The lowest BCUT2D eigenvalue weighted by Crippen LogP contribution is -2.27. The number of hydrogen-bond donors (Lipinski definition) is 0. The summed E-state index contributed by atoms with van der Waals surface area (Å²) in [5.41, 5.74) is 0.0991. The Hall–Kier alpha value is -0.770. The molecule has 0 amide bonds. The maximum Gasteiger partial charge on any atom is 0.380 e. The molecule has 0 unspecified atom stereocenters. The predicted octanol–water partition coefficient (Wildman–Crippen LogP) is 2.91. The number of carbonyl (C=O) groups excluding carboxylic acids is 2. The second kappa shape index (κ2) is 6.84. The van der Waals surface area contributed by atoms with E-state index >= 15 is 0 Å². The topological polar surface area (TPSA) is 43.4 Å². The van der Waals surface area contributed by atoms with Crippen LogP contribution in [0.3, 0.4) is 0 Å². The van der Waals surface area contributed by atoms with Crippen LogP contribution in [0.2, 0.25) is 5.02 Å². The minimum absolute atomic E-state index is 0.0328. The van der Waals surface area contributed by atoms with E-state index < -0.39 is 17.9 Å². The minimum atomic E-state index is -1.01. The van der Waals surface area contributed by atoms with E-state index in [1.54, 1.807) is 12.1 Å². The number of carbonyl (C=O) groups is 2. The SMILES string of the molecule is O=C(OC(CCl)CCl)C(=O)c1ccccc1Cl. The molecule has 0 aliphatic heterocycles. The number of ether oxygens (including phenoxy) is 1. The van der Waals surface area contributed by atoms with Crippen molar-refractivity contribution in [2.24, 2.45) is 0 Å². The maximum absolute atomic E-state index is 11.7. The van der Waals surface area contributed by atoms with Crippen molar-refractivity contribution in [3.63, 3.8) is 0 Å². The summed E-state index contributed by atoms with van der Waals surface area (Å²) < 4.78 is 4.81. The van der Waals surface area contributed by atoms with Crippen LogP contribution < -0.4 is 0 Å². The number of alkyl halides is 2. The Kier molecular flexibility index (Phi) is 5.75. The summed E-state index contributed by atoms with van der Waals surface area (Å²) in [6.07, 6.45) is -0.683. The van der Waals surface area contributed by atoms with Gasteiger partial charge in [-0.1, -0.05) is 23.7 Å². The molecule has 6 heteroatoms. The van der Waals surface area contributed by atoms with Crippen LogP contribution in [0.15, 0.2) is 24.3 Å². The molecule has 0 saturated carbocycles. The standard InChI is InChI=1S/C11H9Cl3O3/c12-5-7(6-13)17-11(16)10(15)8-3-1-2-4-9(8)14/h1-4,7H,5-6H2. The maximum atomic E-state index is 11.7. The minimum Gasteiger partial charge on any atom is -0.454 e. The van der Waals surface area contributed by atoms with Crippen LogP contribution in [0.25, 0.3) is 0 Å². The van der Waals surface area contributed by atoms with Gasteiger partial charge in [0.25, 0.3) is 5.78 Å². The molecule has 1 aromatic rings. The number of benzene rings is 1. The van der Waals surface area contributed by atoms with E-state index in [9.17, 15) is 9.59 Å². The van der Waals surface area contributed by atoms with Gasteiger partial charge in [-0.3, -0.25) is 4.79 Å². The zero-order chi connectivity index (χ0) is 12.8. The summed E-state index contributed by atoms with van der Waals surface area (Å²) in [4.78, 5) is 23.2.